The summed E-state index contributed by atoms with van der Waals surface area (Å²) in [5.74, 6) is -0.113. The zero-order valence-corrected chi connectivity index (χ0v) is 13.1. The van der Waals surface area contributed by atoms with Crippen molar-refractivity contribution < 1.29 is 8.42 Å². The molecule has 0 unspecified atom stereocenters. The maximum Gasteiger partial charge on any atom is 0.264 e. The van der Waals surface area contributed by atoms with Crippen LogP contribution in [-0.2, 0) is 10.0 Å². The van der Waals surface area contributed by atoms with E-state index in [1.807, 2.05) is 6.07 Å². The van der Waals surface area contributed by atoms with Gasteiger partial charge in [0.1, 0.15) is 15.9 Å². The Labute approximate surface area is 135 Å². The first kappa shape index (κ1) is 15.8. The Bertz CT molecular complexity index is 829. The minimum absolute atomic E-state index is 0.0235. The Balaban J connectivity index is 2.45. The standard InChI is InChI=1S/C11H5Cl3N4O2S/c12-7-2-1-6(5-15)3-8(7)21(19,20)18-10-4-9(13)16-11(14)17-10/h1-4H,(H,16,17,18). The van der Waals surface area contributed by atoms with Crippen molar-refractivity contribution in [2.24, 2.45) is 0 Å². The molecule has 0 spiro atoms. The van der Waals surface area contributed by atoms with Crippen LogP contribution in [0.5, 0.6) is 0 Å². The minimum atomic E-state index is -4.05. The molecule has 0 bridgehead atoms. The van der Waals surface area contributed by atoms with Gasteiger partial charge >= 0.3 is 0 Å². The lowest BCUT2D eigenvalue weighted by molar-refractivity contribution is 0.601. The lowest BCUT2D eigenvalue weighted by Gasteiger charge is -2.09. The van der Waals surface area contributed by atoms with E-state index in [9.17, 15) is 8.42 Å². The summed E-state index contributed by atoms with van der Waals surface area (Å²) in [5.41, 5.74) is 0.151. The van der Waals surface area contributed by atoms with E-state index in [1.165, 1.54) is 18.2 Å². The van der Waals surface area contributed by atoms with Gasteiger partial charge < -0.3 is 0 Å². The molecule has 1 aromatic carbocycles. The minimum Gasteiger partial charge on any atom is -0.263 e. The molecule has 10 heteroatoms. The number of anilines is 1. The van der Waals surface area contributed by atoms with Crippen LogP contribution in [0.3, 0.4) is 0 Å². The Hall–Kier alpha value is -1.59. The predicted molar refractivity (Wildman–Crippen MR) is 79.0 cm³/mol. The molecule has 0 aliphatic rings. The van der Waals surface area contributed by atoms with E-state index in [0.29, 0.717) is 0 Å². The van der Waals surface area contributed by atoms with Gasteiger partial charge in [-0.15, -0.1) is 0 Å². The third-order valence-corrected chi connectivity index (χ3v) is 4.46. The maximum atomic E-state index is 12.3. The highest BCUT2D eigenvalue weighted by molar-refractivity contribution is 7.92. The summed E-state index contributed by atoms with van der Waals surface area (Å²) in [7, 11) is -4.05. The molecule has 0 aliphatic heterocycles. The molecule has 2 rings (SSSR count). The molecule has 0 saturated carbocycles. The number of sulfonamides is 1. The van der Waals surface area contributed by atoms with E-state index >= 15 is 0 Å². The van der Waals surface area contributed by atoms with E-state index in [2.05, 4.69) is 14.7 Å². The van der Waals surface area contributed by atoms with E-state index in [-0.39, 0.29) is 31.7 Å². The molecule has 1 heterocycles. The molecule has 21 heavy (non-hydrogen) atoms. The maximum absolute atomic E-state index is 12.3. The average molecular weight is 364 g/mol. The van der Waals surface area contributed by atoms with Gasteiger partial charge in [-0.2, -0.15) is 10.2 Å². The number of benzene rings is 1. The van der Waals surface area contributed by atoms with Gasteiger partial charge in [0.05, 0.1) is 16.7 Å². The van der Waals surface area contributed by atoms with Crippen LogP contribution in [-0.4, -0.2) is 18.4 Å². The summed E-state index contributed by atoms with van der Waals surface area (Å²) >= 11 is 17.1. The van der Waals surface area contributed by atoms with Gasteiger partial charge in [-0.3, -0.25) is 4.72 Å². The Morgan fingerprint density at radius 2 is 1.86 bits per heavy atom. The fourth-order valence-electron chi connectivity index (χ4n) is 1.41. The third kappa shape index (κ3) is 3.74. The van der Waals surface area contributed by atoms with Crippen LogP contribution in [0.4, 0.5) is 5.82 Å². The summed E-state index contributed by atoms with van der Waals surface area (Å²) in [4.78, 5) is 7.03. The Kier molecular flexibility index (Phi) is 4.54. The van der Waals surface area contributed by atoms with Crippen LogP contribution in [0.25, 0.3) is 0 Å². The zero-order chi connectivity index (χ0) is 15.6. The molecule has 0 aliphatic carbocycles. The van der Waals surface area contributed by atoms with Crippen LogP contribution in [0.15, 0.2) is 29.2 Å². The van der Waals surface area contributed by atoms with Crippen LogP contribution in [0.2, 0.25) is 15.5 Å². The Morgan fingerprint density at radius 3 is 2.48 bits per heavy atom. The fourth-order valence-corrected chi connectivity index (χ4v) is 3.34. The van der Waals surface area contributed by atoms with Crippen molar-refractivity contribution in [2.45, 2.75) is 4.90 Å². The van der Waals surface area contributed by atoms with Gasteiger partial charge in [0, 0.05) is 6.07 Å². The highest BCUT2D eigenvalue weighted by Crippen LogP contribution is 2.25. The number of nitrogens with one attached hydrogen (secondary N) is 1. The summed E-state index contributed by atoms with van der Waals surface area (Å²) in [5, 5.41) is 8.55. The SMILES string of the molecule is N#Cc1ccc(Cl)c(S(=O)(=O)Nc2cc(Cl)nc(Cl)n2)c1. The summed E-state index contributed by atoms with van der Waals surface area (Å²) in [6, 6.07) is 6.88. The first-order chi connectivity index (χ1) is 9.81. The van der Waals surface area contributed by atoms with Crippen molar-refractivity contribution in [3.63, 3.8) is 0 Å². The number of rotatable bonds is 3. The topological polar surface area (TPSA) is 95.7 Å². The molecule has 0 atom stereocenters. The fraction of sp³-hybridized carbons (Fsp3) is 0. The van der Waals surface area contributed by atoms with Gasteiger partial charge in [0.15, 0.2) is 0 Å². The molecule has 1 N–H and O–H groups in total. The number of aromatic nitrogens is 2. The lowest BCUT2D eigenvalue weighted by Crippen LogP contribution is -2.15. The van der Waals surface area contributed by atoms with Gasteiger partial charge in [-0.25, -0.2) is 13.4 Å². The van der Waals surface area contributed by atoms with Crippen LogP contribution < -0.4 is 4.72 Å². The van der Waals surface area contributed by atoms with Crippen molar-refractivity contribution in [1.29, 1.82) is 5.26 Å². The first-order valence-corrected chi connectivity index (χ1v) is 7.86. The average Bonchev–Trinajstić information content (AvgIpc) is 2.37. The summed E-state index contributed by atoms with van der Waals surface area (Å²) in [6.07, 6.45) is 0. The summed E-state index contributed by atoms with van der Waals surface area (Å²) in [6.45, 7) is 0. The highest BCUT2D eigenvalue weighted by Gasteiger charge is 2.20. The second kappa shape index (κ2) is 6.03. The van der Waals surface area contributed by atoms with Crippen LogP contribution in [0.1, 0.15) is 5.56 Å². The van der Waals surface area contributed by atoms with Gasteiger partial charge in [0.2, 0.25) is 5.28 Å². The number of halogens is 3. The smallest absolute Gasteiger partial charge is 0.263 e. The van der Waals surface area contributed by atoms with Crippen molar-refractivity contribution >= 4 is 50.6 Å². The molecule has 0 fully saturated rings. The second-order valence-electron chi connectivity index (χ2n) is 3.71. The van der Waals surface area contributed by atoms with E-state index in [1.54, 1.807) is 0 Å². The molecule has 0 amide bonds. The highest BCUT2D eigenvalue weighted by atomic mass is 35.5. The molecular formula is C11H5Cl3N4O2S. The monoisotopic (exact) mass is 362 g/mol. The third-order valence-electron chi connectivity index (χ3n) is 2.26. The molecule has 2 aromatic rings. The number of hydrogen-bond donors (Lipinski definition) is 1. The van der Waals surface area contributed by atoms with Crippen LogP contribution >= 0.6 is 34.8 Å². The molecule has 0 saturated heterocycles. The molecule has 0 radical (unpaired) electrons. The van der Waals surface area contributed by atoms with Gasteiger partial charge in [-0.1, -0.05) is 23.2 Å². The molecule has 6 nitrogen and oxygen atoms in total. The van der Waals surface area contributed by atoms with E-state index < -0.39 is 10.0 Å². The zero-order valence-electron chi connectivity index (χ0n) is 10.0. The second-order valence-corrected chi connectivity index (χ2v) is 6.49. The number of nitrogens with zero attached hydrogens (tertiary/aromatic N) is 3. The van der Waals surface area contributed by atoms with Crippen molar-refractivity contribution in [3.8, 4) is 6.07 Å². The largest absolute Gasteiger partial charge is 0.264 e. The van der Waals surface area contributed by atoms with E-state index in [0.717, 1.165) is 6.07 Å². The number of hydrogen-bond acceptors (Lipinski definition) is 5. The van der Waals surface area contributed by atoms with Gasteiger partial charge in [-0.05, 0) is 29.8 Å². The molecular weight excluding hydrogens is 359 g/mol. The molecule has 1 aromatic heterocycles. The van der Waals surface area contributed by atoms with Crippen molar-refractivity contribution in [3.05, 3.63) is 45.3 Å². The summed E-state index contributed by atoms with van der Waals surface area (Å²) < 4.78 is 26.7. The van der Waals surface area contributed by atoms with Crippen molar-refractivity contribution in [1.82, 2.24) is 9.97 Å². The van der Waals surface area contributed by atoms with Crippen LogP contribution in [0, 0.1) is 11.3 Å². The Morgan fingerprint density at radius 1 is 1.14 bits per heavy atom. The lowest BCUT2D eigenvalue weighted by atomic mass is 10.2. The van der Waals surface area contributed by atoms with E-state index in [4.69, 9.17) is 40.1 Å². The molecule has 108 valence electrons. The first-order valence-electron chi connectivity index (χ1n) is 5.24. The number of nitriles is 1. The van der Waals surface area contributed by atoms with Gasteiger partial charge in [0.25, 0.3) is 10.0 Å². The quantitative estimate of drug-likeness (QED) is 0.667. The normalized spacial score (nSPS) is 11.0. The predicted octanol–water partition coefficient (Wildman–Crippen LogP) is 3.11. The van der Waals surface area contributed by atoms with Crippen molar-refractivity contribution in [2.75, 3.05) is 4.72 Å².